The zero-order chi connectivity index (χ0) is 15.0. The molecule has 19 heavy (non-hydrogen) atoms. The Balaban J connectivity index is -0.0000000865. The van der Waals surface area contributed by atoms with Crippen molar-refractivity contribution in [2.24, 2.45) is 0 Å². The van der Waals surface area contributed by atoms with E-state index in [9.17, 15) is 0 Å². The summed E-state index contributed by atoms with van der Waals surface area (Å²) in [5.74, 6) is 0. The van der Waals surface area contributed by atoms with Crippen molar-refractivity contribution in [1.29, 1.82) is 0 Å². The Kier molecular flexibility index (Phi) is 34.2. The zero-order valence-electron chi connectivity index (χ0n) is 14.0. The third-order valence-electron chi connectivity index (χ3n) is 2.68. The molecule has 0 rings (SSSR count). The number of hydrogen-bond donors (Lipinski definition) is 0. The molecule has 0 aromatic rings. The molecule has 125 valence electrons. The Hall–Kier alpha value is 0.399. The molecule has 0 saturated carbocycles. The number of nitrogens with zero attached hydrogens (tertiary/aromatic N) is 3. The van der Waals surface area contributed by atoms with Gasteiger partial charge in [0.15, 0.2) is 0 Å². The van der Waals surface area contributed by atoms with Crippen LogP contribution in [0, 0.1) is 21.1 Å². The third-order valence-corrected chi connectivity index (χ3v) is 2.68. The average Bonchev–Trinajstić information content (AvgIpc) is 2.45. The minimum atomic E-state index is 0. The summed E-state index contributed by atoms with van der Waals surface area (Å²) < 4.78 is 0. The summed E-state index contributed by atoms with van der Waals surface area (Å²) >= 11 is 0. The zero-order valence-corrected chi connectivity index (χ0v) is 14.9. The fourth-order valence-corrected chi connectivity index (χ4v) is 0.671. The van der Waals surface area contributed by atoms with Crippen molar-refractivity contribution < 1.29 is 17.1 Å². The molecule has 0 amide bonds. The molecule has 0 N–H and O–H groups in total. The van der Waals surface area contributed by atoms with Gasteiger partial charge in [-0.1, -0.05) is 41.5 Å². The van der Waals surface area contributed by atoms with Gasteiger partial charge in [-0.2, -0.15) is 0 Å². The summed E-state index contributed by atoms with van der Waals surface area (Å²) in [4.78, 5) is 6.00. The monoisotopic (exact) mass is 321 g/mol. The quantitative estimate of drug-likeness (QED) is 0.548. The minimum Gasteiger partial charge on any atom is -0.460 e. The van der Waals surface area contributed by atoms with E-state index >= 15 is 0 Å². The SMILES string of the molecule is [CH2-]N(CC)CC.[CH2-]N(CC)CC.[CH2-]N(CC)CC.[Cu]. The minimum absolute atomic E-state index is 0. The van der Waals surface area contributed by atoms with E-state index in [1.165, 1.54) is 0 Å². The molecule has 0 aromatic heterocycles. The molecule has 0 saturated heterocycles. The number of hydrogen-bond acceptors (Lipinski definition) is 3. The van der Waals surface area contributed by atoms with Crippen LogP contribution in [0.5, 0.6) is 0 Å². The van der Waals surface area contributed by atoms with E-state index < -0.39 is 0 Å². The molecule has 0 bridgehead atoms. The number of rotatable bonds is 6. The fraction of sp³-hybridized carbons (Fsp3) is 0.800. The van der Waals surface area contributed by atoms with Gasteiger partial charge in [-0.3, -0.25) is 21.1 Å². The first-order valence-electron chi connectivity index (χ1n) is 7.09. The van der Waals surface area contributed by atoms with Crippen LogP contribution in [0.1, 0.15) is 41.5 Å². The summed E-state index contributed by atoms with van der Waals surface area (Å²) in [7, 11) is 11.1. The van der Waals surface area contributed by atoms with Crippen molar-refractivity contribution in [2.75, 3.05) is 39.3 Å². The van der Waals surface area contributed by atoms with Crippen molar-refractivity contribution >= 4 is 0 Å². The standard InChI is InChI=1S/3C5H12N.Cu/c3*1-4-6(3)5-2;/h3*3-5H2,1-2H3;/q3*-1;. The first-order valence-corrected chi connectivity index (χ1v) is 7.09. The van der Waals surface area contributed by atoms with Gasteiger partial charge in [0.2, 0.25) is 0 Å². The molecule has 0 heterocycles. The fourth-order valence-electron chi connectivity index (χ4n) is 0.671. The Labute approximate surface area is 134 Å². The molecular weight excluding hydrogens is 286 g/mol. The average molecular weight is 322 g/mol. The largest absolute Gasteiger partial charge is 0.460 e. The van der Waals surface area contributed by atoms with E-state index in [-0.39, 0.29) is 17.1 Å². The van der Waals surface area contributed by atoms with Gasteiger partial charge in [-0.05, 0) is 39.3 Å². The molecule has 0 aliphatic rings. The van der Waals surface area contributed by atoms with E-state index in [0.29, 0.717) is 0 Å². The van der Waals surface area contributed by atoms with E-state index in [0.717, 1.165) is 39.3 Å². The molecule has 0 aliphatic carbocycles. The maximum Gasteiger partial charge on any atom is 0 e. The first kappa shape index (κ1) is 27.7. The van der Waals surface area contributed by atoms with Crippen LogP contribution >= 0.6 is 0 Å². The van der Waals surface area contributed by atoms with Crippen LogP contribution < -0.4 is 0 Å². The van der Waals surface area contributed by atoms with Crippen molar-refractivity contribution in [2.45, 2.75) is 41.5 Å². The van der Waals surface area contributed by atoms with E-state index in [1.807, 2.05) is 14.7 Å². The maximum atomic E-state index is 3.71. The van der Waals surface area contributed by atoms with Gasteiger partial charge in [0.25, 0.3) is 0 Å². The van der Waals surface area contributed by atoms with E-state index in [2.05, 4.69) is 62.7 Å². The van der Waals surface area contributed by atoms with Crippen LogP contribution in [0.2, 0.25) is 0 Å². The van der Waals surface area contributed by atoms with Gasteiger partial charge in [-0.25, -0.2) is 0 Å². The summed E-state index contributed by atoms with van der Waals surface area (Å²) in [6.45, 7) is 18.9. The maximum absolute atomic E-state index is 3.71. The van der Waals surface area contributed by atoms with Crippen molar-refractivity contribution in [3.8, 4) is 0 Å². The van der Waals surface area contributed by atoms with Gasteiger partial charge in [0, 0.05) is 17.1 Å². The Morgan fingerprint density at radius 3 is 0.579 bits per heavy atom. The second-order valence-electron chi connectivity index (χ2n) is 3.91. The Bertz CT molecular complexity index is 98.8. The molecule has 3 nitrogen and oxygen atoms in total. The summed E-state index contributed by atoms with van der Waals surface area (Å²) in [5, 5.41) is 0. The molecule has 1 radical (unpaired) electrons. The molecule has 0 spiro atoms. The van der Waals surface area contributed by atoms with Crippen LogP contribution in [-0.2, 0) is 17.1 Å². The van der Waals surface area contributed by atoms with Gasteiger partial charge in [0.1, 0.15) is 0 Å². The van der Waals surface area contributed by atoms with Gasteiger partial charge in [0.05, 0.1) is 0 Å². The third kappa shape index (κ3) is 32.2. The molecule has 0 fully saturated rings. The van der Waals surface area contributed by atoms with Crippen LogP contribution in [0.4, 0.5) is 0 Å². The van der Waals surface area contributed by atoms with Crippen LogP contribution in [0.15, 0.2) is 0 Å². The van der Waals surface area contributed by atoms with Crippen LogP contribution in [0.3, 0.4) is 0 Å². The Morgan fingerprint density at radius 1 is 0.474 bits per heavy atom. The summed E-state index contributed by atoms with van der Waals surface area (Å²) in [5.41, 5.74) is 0. The van der Waals surface area contributed by atoms with Gasteiger partial charge >= 0.3 is 0 Å². The first-order chi connectivity index (χ1) is 8.42. The second-order valence-corrected chi connectivity index (χ2v) is 3.91. The molecular formula is C15H36CuN3-3. The molecule has 4 heteroatoms. The molecule has 0 aromatic carbocycles. The van der Waals surface area contributed by atoms with Crippen molar-refractivity contribution in [3.05, 3.63) is 21.1 Å². The van der Waals surface area contributed by atoms with Crippen molar-refractivity contribution in [1.82, 2.24) is 14.7 Å². The summed E-state index contributed by atoms with van der Waals surface area (Å²) in [6.07, 6.45) is 0. The molecule has 0 aliphatic heterocycles. The predicted octanol–water partition coefficient (Wildman–Crippen LogP) is 3.36. The smallest absolute Gasteiger partial charge is 0 e. The van der Waals surface area contributed by atoms with Gasteiger partial charge < -0.3 is 14.7 Å². The molecule has 0 unspecified atom stereocenters. The van der Waals surface area contributed by atoms with Gasteiger partial charge in [-0.15, -0.1) is 0 Å². The predicted molar refractivity (Wildman–Crippen MR) is 84.8 cm³/mol. The van der Waals surface area contributed by atoms with Crippen LogP contribution in [0.25, 0.3) is 0 Å². The van der Waals surface area contributed by atoms with E-state index in [1.54, 1.807) is 0 Å². The molecule has 0 atom stereocenters. The van der Waals surface area contributed by atoms with E-state index in [4.69, 9.17) is 0 Å². The topological polar surface area (TPSA) is 9.72 Å². The summed E-state index contributed by atoms with van der Waals surface area (Å²) in [6, 6.07) is 0. The Morgan fingerprint density at radius 2 is 0.579 bits per heavy atom. The second kappa shape index (κ2) is 23.5. The van der Waals surface area contributed by atoms with Crippen LogP contribution in [-0.4, -0.2) is 54.0 Å². The normalized spacial score (nSPS) is 9.47. The van der Waals surface area contributed by atoms with Crippen molar-refractivity contribution in [3.63, 3.8) is 0 Å².